The zero-order chi connectivity index (χ0) is 27.1. The molecule has 0 radical (unpaired) electrons. The molecular weight excluding hydrogens is 492 g/mol. The second-order valence-corrected chi connectivity index (χ2v) is 11.5. The van der Waals surface area contributed by atoms with Crippen LogP contribution in [0.25, 0.3) is 65.4 Å². The molecule has 4 heterocycles. The van der Waals surface area contributed by atoms with Gasteiger partial charge in [-0.3, -0.25) is 9.98 Å². The maximum atomic E-state index is 5.04. The maximum absolute atomic E-state index is 5.04. The number of H-pyrrole nitrogens is 1. The van der Waals surface area contributed by atoms with E-state index in [-0.39, 0.29) is 0 Å². The summed E-state index contributed by atoms with van der Waals surface area (Å²) < 4.78 is 0. The Morgan fingerprint density at radius 3 is 2.23 bits per heavy atom. The van der Waals surface area contributed by atoms with Crippen LogP contribution in [0.4, 0.5) is 5.69 Å². The van der Waals surface area contributed by atoms with Gasteiger partial charge in [-0.15, -0.1) is 0 Å². The molecule has 0 unspecified atom stereocenters. The van der Waals surface area contributed by atoms with E-state index in [1.54, 1.807) is 0 Å². The van der Waals surface area contributed by atoms with Gasteiger partial charge in [-0.2, -0.15) is 10.2 Å². The molecule has 6 nitrogen and oxygen atoms in total. The molecule has 4 aromatic carbocycles. The zero-order valence-electron chi connectivity index (χ0n) is 22.9. The van der Waals surface area contributed by atoms with E-state index in [9.17, 15) is 0 Å². The van der Waals surface area contributed by atoms with Crippen molar-refractivity contribution >= 4 is 65.7 Å². The Morgan fingerprint density at radius 1 is 0.700 bits per heavy atom. The number of hydrogen-bond donors (Lipinski definition) is 1. The second-order valence-electron chi connectivity index (χ2n) is 11.5. The summed E-state index contributed by atoms with van der Waals surface area (Å²) in [6, 6.07) is 17.6. The fraction of sp³-hybridized carbons (Fsp3) is 0.206. The van der Waals surface area contributed by atoms with E-state index in [1.807, 2.05) is 24.7 Å². The van der Waals surface area contributed by atoms with Crippen LogP contribution in [0.3, 0.4) is 0 Å². The smallest absolute Gasteiger partial charge is 0.109 e. The first-order valence-corrected chi connectivity index (χ1v) is 13.9. The third kappa shape index (κ3) is 3.25. The average molecular weight is 521 g/mol. The molecule has 194 valence electrons. The molecular formula is C34H28N6. The van der Waals surface area contributed by atoms with Crippen molar-refractivity contribution in [3.8, 4) is 11.1 Å². The number of imidazole rings is 1. The van der Waals surface area contributed by atoms with Crippen LogP contribution in [0.1, 0.15) is 45.0 Å². The lowest BCUT2D eigenvalue weighted by Crippen LogP contribution is -2.06. The molecule has 1 aliphatic heterocycles. The van der Waals surface area contributed by atoms with Gasteiger partial charge in [-0.1, -0.05) is 52.0 Å². The van der Waals surface area contributed by atoms with E-state index in [0.717, 1.165) is 72.5 Å². The highest BCUT2D eigenvalue weighted by atomic mass is 15.1. The van der Waals surface area contributed by atoms with Gasteiger partial charge >= 0.3 is 0 Å². The number of nitrogens with zero attached hydrogens (tertiary/aromatic N) is 5. The van der Waals surface area contributed by atoms with E-state index < -0.39 is 0 Å². The van der Waals surface area contributed by atoms with Crippen molar-refractivity contribution in [2.24, 2.45) is 10.9 Å². The van der Waals surface area contributed by atoms with Crippen LogP contribution in [0, 0.1) is 5.92 Å². The van der Waals surface area contributed by atoms with Gasteiger partial charge < -0.3 is 4.98 Å². The third-order valence-electron chi connectivity index (χ3n) is 8.40. The van der Waals surface area contributed by atoms with Crippen molar-refractivity contribution in [3.05, 3.63) is 78.5 Å². The lowest BCUT2D eigenvalue weighted by atomic mass is 9.91. The molecule has 0 aliphatic carbocycles. The van der Waals surface area contributed by atoms with E-state index in [1.165, 1.54) is 22.0 Å². The summed E-state index contributed by atoms with van der Waals surface area (Å²) in [5.74, 6) is 1.72. The van der Waals surface area contributed by atoms with E-state index in [2.05, 4.69) is 85.3 Å². The first-order valence-electron chi connectivity index (χ1n) is 13.9. The quantitative estimate of drug-likeness (QED) is 0.237. The third-order valence-corrected chi connectivity index (χ3v) is 8.40. The van der Waals surface area contributed by atoms with Crippen molar-refractivity contribution < 1.29 is 0 Å². The SMILES string of the molecule is CC(C)C1=Nc2c(c3ccc(-c4ccc5c(c4)c4ncccc4c4nc(C(C)C)[nH]c54)cc3c3cnncc23)C1. The Balaban J connectivity index is 1.37. The fourth-order valence-corrected chi connectivity index (χ4v) is 6.23. The Bertz CT molecular complexity index is 2200. The van der Waals surface area contributed by atoms with Crippen molar-refractivity contribution in [2.45, 2.75) is 40.0 Å². The van der Waals surface area contributed by atoms with Gasteiger partial charge in [-0.25, -0.2) is 4.98 Å². The van der Waals surface area contributed by atoms with Gasteiger partial charge in [0, 0.05) is 51.2 Å². The highest BCUT2D eigenvalue weighted by molar-refractivity contribution is 6.23. The minimum Gasteiger partial charge on any atom is -0.341 e. The Kier molecular flexibility index (Phi) is 4.87. The van der Waals surface area contributed by atoms with E-state index in [0.29, 0.717) is 11.8 Å². The maximum Gasteiger partial charge on any atom is 0.109 e. The number of hydrogen-bond acceptors (Lipinski definition) is 5. The number of aromatic nitrogens is 5. The number of aromatic amines is 1. The predicted octanol–water partition coefficient (Wildman–Crippen LogP) is 8.44. The van der Waals surface area contributed by atoms with Crippen molar-refractivity contribution in [3.63, 3.8) is 0 Å². The fourth-order valence-electron chi connectivity index (χ4n) is 6.23. The minimum atomic E-state index is 0.314. The number of rotatable bonds is 3. The van der Waals surface area contributed by atoms with E-state index >= 15 is 0 Å². The van der Waals surface area contributed by atoms with Crippen LogP contribution in [0.5, 0.6) is 0 Å². The monoisotopic (exact) mass is 520 g/mol. The van der Waals surface area contributed by atoms with E-state index in [4.69, 9.17) is 15.0 Å². The standard InChI is InChI=1S/C34H28N6/c1-17(2)29-14-26-21-9-7-19(12-24(21)27-15-36-37-16-28(27)31(26)38-29)20-8-10-22-25(13-20)30-23(6-5-11-35-30)33-32(22)39-34(40-33)18(3)4/h5-13,15-18H,14H2,1-4H3,(H,39,40). The largest absolute Gasteiger partial charge is 0.341 e. The summed E-state index contributed by atoms with van der Waals surface area (Å²) in [6.07, 6.45) is 6.49. The molecule has 6 heteroatoms. The molecule has 40 heavy (non-hydrogen) atoms. The van der Waals surface area contributed by atoms with Gasteiger partial charge in [0.25, 0.3) is 0 Å². The number of benzene rings is 4. The minimum absolute atomic E-state index is 0.314. The molecule has 1 aliphatic rings. The Labute approximate surface area is 231 Å². The van der Waals surface area contributed by atoms with Crippen molar-refractivity contribution in [2.75, 3.05) is 0 Å². The lowest BCUT2D eigenvalue weighted by Gasteiger charge is -2.13. The summed E-state index contributed by atoms with van der Waals surface area (Å²) in [4.78, 5) is 18.4. The highest BCUT2D eigenvalue weighted by Gasteiger charge is 2.23. The molecule has 0 atom stereocenters. The van der Waals surface area contributed by atoms with Crippen LogP contribution in [-0.2, 0) is 6.42 Å². The molecule has 0 fully saturated rings. The molecule has 0 amide bonds. The second kappa shape index (κ2) is 8.39. The van der Waals surface area contributed by atoms with Crippen LogP contribution in [0.15, 0.2) is 72.1 Å². The molecule has 8 rings (SSSR count). The number of fused-ring (bicyclic) bond motifs is 12. The summed E-state index contributed by atoms with van der Waals surface area (Å²) in [7, 11) is 0. The lowest BCUT2D eigenvalue weighted by molar-refractivity contribution is 0.799. The first-order chi connectivity index (χ1) is 19.5. The molecule has 3 aromatic heterocycles. The normalized spacial score (nSPS) is 13.5. The molecule has 0 saturated carbocycles. The van der Waals surface area contributed by atoms with Gasteiger partial charge in [0.05, 0.1) is 34.6 Å². The number of pyridine rings is 1. The van der Waals surface area contributed by atoms with Crippen molar-refractivity contribution in [1.29, 1.82) is 0 Å². The first kappa shape index (κ1) is 23.2. The summed E-state index contributed by atoms with van der Waals surface area (Å²) >= 11 is 0. The average Bonchev–Trinajstić information content (AvgIpc) is 3.64. The van der Waals surface area contributed by atoms with Crippen LogP contribution < -0.4 is 0 Å². The van der Waals surface area contributed by atoms with Gasteiger partial charge in [0.15, 0.2) is 0 Å². The number of nitrogens with one attached hydrogen (secondary N) is 1. The summed E-state index contributed by atoms with van der Waals surface area (Å²) in [5.41, 5.74) is 8.93. The molecule has 0 saturated heterocycles. The Morgan fingerprint density at radius 2 is 1.45 bits per heavy atom. The zero-order valence-corrected chi connectivity index (χ0v) is 22.9. The van der Waals surface area contributed by atoms with Gasteiger partial charge in [0.1, 0.15) is 5.82 Å². The highest BCUT2D eigenvalue weighted by Crippen LogP contribution is 2.43. The van der Waals surface area contributed by atoms with Crippen LogP contribution >= 0.6 is 0 Å². The van der Waals surface area contributed by atoms with Gasteiger partial charge in [-0.05, 0) is 57.6 Å². The van der Waals surface area contributed by atoms with Crippen molar-refractivity contribution in [1.82, 2.24) is 25.1 Å². The van der Waals surface area contributed by atoms with Gasteiger partial charge in [0.2, 0.25) is 0 Å². The molecule has 1 N–H and O–H groups in total. The topological polar surface area (TPSA) is 79.7 Å². The Hall–Kier alpha value is -4.71. The van der Waals surface area contributed by atoms with Crippen LogP contribution in [-0.4, -0.2) is 30.9 Å². The summed E-state index contributed by atoms with van der Waals surface area (Å²) in [6.45, 7) is 8.76. The number of aliphatic imine (C=N–C) groups is 1. The molecule has 0 bridgehead atoms. The molecule has 0 spiro atoms. The summed E-state index contributed by atoms with van der Waals surface area (Å²) in [5, 5.41) is 16.4. The predicted molar refractivity (Wildman–Crippen MR) is 165 cm³/mol. The van der Waals surface area contributed by atoms with Crippen LogP contribution in [0.2, 0.25) is 0 Å². The molecule has 7 aromatic rings.